The van der Waals surface area contributed by atoms with E-state index in [1.807, 2.05) is 6.92 Å². The summed E-state index contributed by atoms with van der Waals surface area (Å²) in [5.74, 6) is 0.177. The second kappa shape index (κ2) is 5.38. The first-order chi connectivity index (χ1) is 8.61. The topological polar surface area (TPSA) is 78.0 Å². The van der Waals surface area contributed by atoms with Crippen molar-refractivity contribution in [3.05, 3.63) is 39.1 Å². The van der Waals surface area contributed by atoms with Gasteiger partial charge in [-0.25, -0.2) is 0 Å². The van der Waals surface area contributed by atoms with Crippen LogP contribution in [0.25, 0.3) is 0 Å². The van der Waals surface area contributed by atoms with E-state index in [0.717, 1.165) is 15.6 Å². The number of H-pyrrole nitrogens is 1. The number of aromatic hydroxyl groups is 1. The molecular weight excluding hydrogens is 345 g/mol. The first-order valence-electron chi connectivity index (χ1n) is 5.44. The Labute approximate surface area is 118 Å². The van der Waals surface area contributed by atoms with Crippen LogP contribution in [-0.4, -0.2) is 21.2 Å². The number of aromatic nitrogens is 2. The third-order valence-corrected chi connectivity index (χ3v) is 3.21. The zero-order valence-corrected chi connectivity index (χ0v) is 11.9. The quantitative estimate of drug-likeness (QED) is 0.739. The van der Waals surface area contributed by atoms with Gasteiger partial charge in [-0.3, -0.25) is 9.89 Å². The maximum atomic E-state index is 12.0. The number of carbonyl (C=O) groups is 1. The third kappa shape index (κ3) is 2.63. The number of rotatable bonds is 3. The lowest BCUT2D eigenvalue weighted by Gasteiger charge is -2.06. The van der Waals surface area contributed by atoms with Crippen molar-refractivity contribution in [3.8, 4) is 5.75 Å². The Morgan fingerprint density at radius 1 is 1.56 bits per heavy atom. The first-order valence-corrected chi connectivity index (χ1v) is 6.51. The Morgan fingerprint density at radius 3 is 3.06 bits per heavy atom. The number of hydrogen-bond donors (Lipinski definition) is 3. The van der Waals surface area contributed by atoms with Crippen molar-refractivity contribution in [1.29, 1.82) is 0 Å². The standard InChI is InChI=1S/C12H12IN3O2/c1-2-7-6-14-16-11(7)15-12(18)9-5-8(13)3-4-10(9)17/h3-6,17H,2H2,1H3,(H2,14,15,16,18). The fourth-order valence-corrected chi connectivity index (χ4v) is 2.05. The number of amides is 1. The van der Waals surface area contributed by atoms with E-state index in [2.05, 4.69) is 38.1 Å². The number of anilines is 1. The summed E-state index contributed by atoms with van der Waals surface area (Å²) in [5, 5.41) is 19.0. The van der Waals surface area contributed by atoms with Gasteiger partial charge in [0.1, 0.15) is 11.6 Å². The highest BCUT2D eigenvalue weighted by atomic mass is 127. The molecular formula is C12H12IN3O2. The van der Waals surface area contributed by atoms with Crippen LogP contribution in [0.1, 0.15) is 22.8 Å². The van der Waals surface area contributed by atoms with Crippen LogP contribution in [-0.2, 0) is 6.42 Å². The Morgan fingerprint density at radius 2 is 2.33 bits per heavy atom. The summed E-state index contributed by atoms with van der Waals surface area (Å²) in [6.07, 6.45) is 2.44. The van der Waals surface area contributed by atoms with Gasteiger partial charge in [0, 0.05) is 9.13 Å². The van der Waals surface area contributed by atoms with Crippen LogP contribution in [0.5, 0.6) is 5.75 Å². The molecule has 2 rings (SSSR count). The molecule has 0 saturated heterocycles. The fraction of sp³-hybridized carbons (Fsp3) is 0.167. The highest BCUT2D eigenvalue weighted by Crippen LogP contribution is 2.21. The molecule has 0 unspecified atom stereocenters. The smallest absolute Gasteiger partial charge is 0.260 e. The Bertz CT molecular complexity index is 580. The molecule has 0 saturated carbocycles. The van der Waals surface area contributed by atoms with Crippen LogP contribution in [0.15, 0.2) is 24.4 Å². The second-order valence-corrected chi connectivity index (χ2v) is 4.99. The molecule has 0 aliphatic rings. The lowest BCUT2D eigenvalue weighted by Crippen LogP contribution is -2.13. The van der Waals surface area contributed by atoms with Gasteiger partial charge in [0.05, 0.1) is 11.8 Å². The van der Waals surface area contributed by atoms with Gasteiger partial charge < -0.3 is 10.4 Å². The van der Waals surface area contributed by atoms with E-state index in [-0.39, 0.29) is 17.2 Å². The van der Waals surface area contributed by atoms with Crippen LogP contribution in [0, 0.1) is 3.57 Å². The van der Waals surface area contributed by atoms with E-state index < -0.39 is 0 Å². The maximum absolute atomic E-state index is 12.0. The molecule has 5 nitrogen and oxygen atoms in total. The molecule has 1 aromatic carbocycles. The predicted octanol–water partition coefficient (Wildman–Crippen LogP) is 2.53. The number of benzene rings is 1. The van der Waals surface area contributed by atoms with Gasteiger partial charge in [-0.15, -0.1) is 0 Å². The zero-order chi connectivity index (χ0) is 13.1. The largest absolute Gasteiger partial charge is 0.507 e. The van der Waals surface area contributed by atoms with Crippen molar-refractivity contribution in [3.63, 3.8) is 0 Å². The van der Waals surface area contributed by atoms with E-state index in [9.17, 15) is 9.90 Å². The molecule has 0 atom stereocenters. The molecule has 1 aromatic heterocycles. The summed E-state index contributed by atoms with van der Waals surface area (Å²) in [6, 6.07) is 4.87. The highest BCUT2D eigenvalue weighted by molar-refractivity contribution is 14.1. The molecule has 0 aliphatic carbocycles. The van der Waals surface area contributed by atoms with Crippen LogP contribution in [0.3, 0.4) is 0 Å². The molecule has 1 heterocycles. The predicted molar refractivity (Wildman–Crippen MR) is 76.7 cm³/mol. The molecule has 0 radical (unpaired) electrons. The summed E-state index contributed by atoms with van der Waals surface area (Å²) < 4.78 is 0.885. The van der Waals surface area contributed by atoms with Crippen molar-refractivity contribution >= 4 is 34.3 Å². The number of carbonyl (C=O) groups excluding carboxylic acids is 1. The van der Waals surface area contributed by atoms with Gasteiger partial charge in [0.15, 0.2) is 0 Å². The van der Waals surface area contributed by atoms with Gasteiger partial charge in [-0.1, -0.05) is 6.92 Å². The summed E-state index contributed by atoms with van der Waals surface area (Å²) in [5.41, 5.74) is 1.17. The molecule has 0 bridgehead atoms. The average molecular weight is 357 g/mol. The molecule has 94 valence electrons. The Kier molecular flexibility index (Phi) is 3.85. The molecule has 18 heavy (non-hydrogen) atoms. The number of aromatic amines is 1. The van der Waals surface area contributed by atoms with Crippen molar-refractivity contribution < 1.29 is 9.90 Å². The van der Waals surface area contributed by atoms with Gasteiger partial charge in [-0.2, -0.15) is 5.10 Å². The van der Waals surface area contributed by atoms with E-state index >= 15 is 0 Å². The number of hydrogen-bond acceptors (Lipinski definition) is 3. The number of aryl methyl sites for hydroxylation is 1. The van der Waals surface area contributed by atoms with Crippen LogP contribution in [0.4, 0.5) is 5.82 Å². The molecule has 0 fully saturated rings. The summed E-state index contributed by atoms with van der Waals surface area (Å²) in [7, 11) is 0. The van der Waals surface area contributed by atoms with E-state index in [1.54, 1.807) is 18.3 Å². The number of nitrogens with one attached hydrogen (secondary N) is 2. The lowest BCUT2D eigenvalue weighted by molar-refractivity contribution is 0.102. The minimum absolute atomic E-state index is 0.0366. The summed E-state index contributed by atoms with van der Waals surface area (Å²) >= 11 is 2.09. The van der Waals surface area contributed by atoms with E-state index in [1.165, 1.54) is 6.07 Å². The van der Waals surface area contributed by atoms with Crippen LogP contribution < -0.4 is 5.32 Å². The lowest BCUT2D eigenvalue weighted by atomic mass is 10.2. The minimum Gasteiger partial charge on any atom is -0.507 e. The van der Waals surface area contributed by atoms with Gasteiger partial charge in [0.2, 0.25) is 0 Å². The number of nitrogens with zero attached hydrogens (tertiary/aromatic N) is 1. The van der Waals surface area contributed by atoms with Crippen molar-refractivity contribution in [2.24, 2.45) is 0 Å². The van der Waals surface area contributed by atoms with Crippen LogP contribution >= 0.6 is 22.6 Å². The third-order valence-electron chi connectivity index (χ3n) is 2.54. The molecule has 3 N–H and O–H groups in total. The summed E-state index contributed by atoms with van der Waals surface area (Å²) in [4.78, 5) is 12.0. The molecule has 0 aliphatic heterocycles. The van der Waals surface area contributed by atoms with Crippen LogP contribution in [0.2, 0.25) is 0 Å². The molecule has 0 spiro atoms. The second-order valence-electron chi connectivity index (χ2n) is 3.74. The van der Waals surface area contributed by atoms with E-state index in [4.69, 9.17) is 0 Å². The average Bonchev–Trinajstić information content (AvgIpc) is 2.79. The molecule has 1 amide bonds. The van der Waals surface area contributed by atoms with Gasteiger partial charge in [-0.05, 0) is 47.2 Å². The zero-order valence-electron chi connectivity index (χ0n) is 9.70. The summed E-state index contributed by atoms with van der Waals surface area (Å²) in [6.45, 7) is 1.98. The number of phenols is 1. The van der Waals surface area contributed by atoms with Gasteiger partial charge in [0.25, 0.3) is 5.91 Å². The first kappa shape index (κ1) is 12.9. The Balaban J connectivity index is 2.25. The highest BCUT2D eigenvalue weighted by Gasteiger charge is 2.14. The Hall–Kier alpha value is -1.57. The monoisotopic (exact) mass is 357 g/mol. The number of halogens is 1. The van der Waals surface area contributed by atoms with E-state index in [0.29, 0.717) is 5.82 Å². The molecule has 6 heteroatoms. The maximum Gasteiger partial charge on any atom is 0.260 e. The minimum atomic E-state index is -0.357. The molecule has 2 aromatic rings. The SMILES string of the molecule is CCc1cn[nH]c1NC(=O)c1cc(I)ccc1O. The van der Waals surface area contributed by atoms with Crippen molar-refractivity contribution in [1.82, 2.24) is 10.2 Å². The number of phenolic OH excluding ortho intramolecular Hbond substituents is 1. The fourth-order valence-electron chi connectivity index (χ4n) is 1.56. The normalized spacial score (nSPS) is 10.3. The van der Waals surface area contributed by atoms with Crippen molar-refractivity contribution in [2.45, 2.75) is 13.3 Å². The van der Waals surface area contributed by atoms with Crippen molar-refractivity contribution in [2.75, 3.05) is 5.32 Å². The van der Waals surface area contributed by atoms with Gasteiger partial charge >= 0.3 is 0 Å².